The fraction of sp³-hybridized carbons (Fsp3) is 0.611. The summed E-state index contributed by atoms with van der Waals surface area (Å²) in [6, 6.07) is 8.83. The number of rotatable bonds is 8. The molecule has 0 aliphatic rings. The van der Waals surface area contributed by atoms with E-state index in [0.29, 0.717) is 25.2 Å². The predicted octanol–water partition coefficient (Wildman–Crippen LogP) is 3.42. The number of amides is 1. The molecule has 5 nitrogen and oxygen atoms in total. The molecule has 1 N–H and O–H groups in total. The van der Waals surface area contributed by atoms with Crippen LogP contribution in [0.15, 0.2) is 24.3 Å². The van der Waals surface area contributed by atoms with E-state index in [1.165, 1.54) is 0 Å². The van der Waals surface area contributed by atoms with Crippen molar-refractivity contribution in [2.24, 2.45) is 0 Å². The first-order valence-electron chi connectivity index (χ1n) is 8.23. The van der Waals surface area contributed by atoms with Crippen LogP contribution in [0.3, 0.4) is 0 Å². The SMILES string of the molecule is CC(C)Nc1ccc(COC(=O)N(C)CCN(C)C(C)C)cc1. The molecular formula is C18H31N3O2. The van der Waals surface area contributed by atoms with Crippen molar-refractivity contribution in [1.29, 1.82) is 0 Å². The van der Waals surface area contributed by atoms with Crippen LogP contribution in [0, 0.1) is 0 Å². The first-order valence-corrected chi connectivity index (χ1v) is 8.23. The number of nitrogens with zero attached hydrogens (tertiary/aromatic N) is 2. The minimum absolute atomic E-state index is 0.286. The lowest BCUT2D eigenvalue weighted by Gasteiger charge is -2.24. The van der Waals surface area contributed by atoms with E-state index in [1.54, 1.807) is 11.9 Å². The summed E-state index contributed by atoms with van der Waals surface area (Å²) in [6.07, 6.45) is -0.286. The van der Waals surface area contributed by atoms with Crippen LogP contribution in [0.1, 0.15) is 33.3 Å². The molecule has 0 aliphatic carbocycles. The van der Waals surface area contributed by atoms with Gasteiger partial charge < -0.3 is 19.9 Å². The Hall–Kier alpha value is -1.75. The molecule has 1 amide bonds. The molecule has 0 fully saturated rings. The fourth-order valence-corrected chi connectivity index (χ4v) is 1.94. The number of anilines is 1. The Bertz CT molecular complexity index is 472. The lowest BCUT2D eigenvalue weighted by Crippen LogP contribution is -2.37. The third-order valence-corrected chi connectivity index (χ3v) is 3.75. The van der Waals surface area contributed by atoms with Crippen LogP contribution in [0.2, 0.25) is 0 Å². The molecule has 1 aromatic carbocycles. The van der Waals surface area contributed by atoms with Crippen LogP contribution in [0.5, 0.6) is 0 Å². The van der Waals surface area contributed by atoms with Gasteiger partial charge in [0.05, 0.1) is 0 Å². The molecule has 0 atom stereocenters. The van der Waals surface area contributed by atoms with Crippen molar-refractivity contribution in [3.05, 3.63) is 29.8 Å². The second kappa shape index (κ2) is 9.40. The minimum atomic E-state index is -0.286. The number of carbonyl (C=O) groups excluding carboxylic acids is 1. The van der Waals surface area contributed by atoms with Gasteiger partial charge in [0.25, 0.3) is 0 Å². The van der Waals surface area contributed by atoms with E-state index >= 15 is 0 Å². The minimum Gasteiger partial charge on any atom is -0.445 e. The number of carbonyl (C=O) groups is 1. The van der Waals surface area contributed by atoms with Crippen molar-refractivity contribution in [1.82, 2.24) is 9.80 Å². The summed E-state index contributed by atoms with van der Waals surface area (Å²) in [4.78, 5) is 15.8. The third-order valence-electron chi connectivity index (χ3n) is 3.75. The monoisotopic (exact) mass is 321 g/mol. The predicted molar refractivity (Wildman–Crippen MR) is 95.8 cm³/mol. The number of ether oxygens (including phenoxy) is 1. The topological polar surface area (TPSA) is 44.8 Å². The van der Waals surface area contributed by atoms with Crippen molar-refractivity contribution in [2.75, 3.05) is 32.5 Å². The van der Waals surface area contributed by atoms with Gasteiger partial charge in [-0.05, 0) is 52.4 Å². The Morgan fingerprint density at radius 3 is 2.22 bits per heavy atom. The van der Waals surface area contributed by atoms with Gasteiger partial charge in [-0.2, -0.15) is 0 Å². The molecule has 0 aromatic heterocycles. The quantitative estimate of drug-likeness (QED) is 0.797. The summed E-state index contributed by atoms with van der Waals surface area (Å²) in [5, 5.41) is 3.33. The van der Waals surface area contributed by atoms with E-state index in [0.717, 1.165) is 17.8 Å². The maximum Gasteiger partial charge on any atom is 0.409 e. The lowest BCUT2D eigenvalue weighted by molar-refractivity contribution is 0.100. The summed E-state index contributed by atoms with van der Waals surface area (Å²) in [5.41, 5.74) is 2.06. The van der Waals surface area contributed by atoms with Crippen LogP contribution in [0.25, 0.3) is 0 Å². The highest BCUT2D eigenvalue weighted by molar-refractivity contribution is 5.67. The second-order valence-electron chi connectivity index (χ2n) is 6.55. The summed E-state index contributed by atoms with van der Waals surface area (Å²) < 4.78 is 5.35. The molecule has 0 radical (unpaired) electrons. The number of hydrogen-bond acceptors (Lipinski definition) is 4. The highest BCUT2D eigenvalue weighted by Crippen LogP contribution is 2.12. The van der Waals surface area contributed by atoms with Gasteiger partial charge in [-0.25, -0.2) is 4.79 Å². The van der Waals surface area contributed by atoms with Gasteiger partial charge in [-0.1, -0.05) is 12.1 Å². The van der Waals surface area contributed by atoms with E-state index in [1.807, 2.05) is 24.3 Å². The molecule has 130 valence electrons. The molecule has 0 bridgehead atoms. The van der Waals surface area contributed by atoms with E-state index in [-0.39, 0.29) is 6.09 Å². The zero-order valence-electron chi connectivity index (χ0n) is 15.3. The molecule has 0 saturated carbocycles. The van der Waals surface area contributed by atoms with Crippen LogP contribution >= 0.6 is 0 Å². The smallest absolute Gasteiger partial charge is 0.409 e. The lowest BCUT2D eigenvalue weighted by atomic mass is 10.2. The third kappa shape index (κ3) is 7.37. The van der Waals surface area contributed by atoms with Gasteiger partial charge in [-0.3, -0.25) is 0 Å². The highest BCUT2D eigenvalue weighted by atomic mass is 16.6. The molecular weight excluding hydrogens is 290 g/mol. The maximum atomic E-state index is 12.0. The van der Waals surface area contributed by atoms with Crippen molar-refractivity contribution >= 4 is 11.8 Å². The molecule has 23 heavy (non-hydrogen) atoms. The van der Waals surface area contributed by atoms with Crippen LogP contribution < -0.4 is 5.32 Å². The number of likely N-dealkylation sites (N-methyl/N-ethyl adjacent to an activating group) is 2. The van der Waals surface area contributed by atoms with Crippen molar-refractivity contribution < 1.29 is 9.53 Å². The van der Waals surface area contributed by atoms with Crippen molar-refractivity contribution in [2.45, 2.75) is 46.4 Å². The summed E-state index contributed by atoms with van der Waals surface area (Å²) in [5.74, 6) is 0. The van der Waals surface area contributed by atoms with Gasteiger partial charge in [-0.15, -0.1) is 0 Å². The average Bonchev–Trinajstić information content (AvgIpc) is 2.50. The van der Waals surface area contributed by atoms with Crippen molar-refractivity contribution in [3.8, 4) is 0 Å². The Labute approximate surface area is 140 Å². The van der Waals surface area contributed by atoms with Gasteiger partial charge in [0.2, 0.25) is 0 Å². The summed E-state index contributed by atoms with van der Waals surface area (Å²) in [7, 11) is 3.82. The Morgan fingerprint density at radius 2 is 1.70 bits per heavy atom. The largest absolute Gasteiger partial charge is 0.445 e. The van der Waals surface area contributed by atoms with E-state index in [4.69, 9.17) is 4.74 Å². The van der Waals surface area contributed by atoms with Gasteiger partial charge in [0.15, 0.2) is 0 Å². The van der Waals surface area contributed by atoms with Gasteiger partial charge >= 0.3 is 6.09 Å². The van der Waals surface area contributed by atoms with E-state index in [9.17, 15) is 4.79 Å². The number of nitrogens with one attached hydrogen (secondary N) is 1. The first-order chi connectivity index (χ1) is 10.8. The Balaban J connectivity index is 2.37. The highest BCUT2D eigenvalue weighted by Gasteiger charge is 2.12. The zero-order valence-corrected chi connectivity index (χ0v) is 15.3. The fourth-order valence-electron chi connectivity index (χ4n) is 1.94. The van der Waals surface area contributed by atoms with Crippen LogP contribution in [-0.2, 0) is 11.3 Å². The standard InChI is InChI=1S/C18H31N3O2/c1-14(2)19-17-9-7-16(8-10-17)13-23-18(22)21(6)12-11-20(5)15(3)4/h7-10,14-15,19H,11-13H2,1-6H3. The molecule has 1 aromatic rings. The van der Waals surface area contributed by atoms with Crippen LogP contribution in [-0.4, -0.2) is 55.2 Å². The molecule has 0 spiro atoms. The van der Waals surface area contributed by atoms with E-state index < -0.39 is 0 Å². The zero-order chi connectivity index (χ0) is 17.4. The molecule has 5 heteroatoms. The number of hydrogen-bond donors (Lipinski definition) is 1. The molecule has 0 unspecified atom stereocenters. The second-order valence-corrected chi connectivity index (χ2v) is 6.55. The maximum absolute atomic E-state index is 12.0. The molecule has 1 rings (SSSR count). The van der Waals surface area contributed by atoms with Crippen LogP contribution in [0.4, 0.5) is 10.5 Å². The number of benzene rings is 1. The Morgan fingerprint density at radius 1 is 1.09 bits per heavy atom. The normalized spacial score (nSPS) is 11.2. The molecule has 0 aliphatic heterocycles. The molecule has 0 heterocycles. The van der Waals surface area contributed by atoms with E-state index in [2.05, 4.69) is 45.0 Å². The average molecular weight is 321 g/mol. The summed E-state index contributed by atoms with van der Waals surface area (Å²) in [6.45, 7) is 10.3. The first kappa shape index (κ1) is 19.3. The van der Waals surface area contributed by atoms with Gasteiger partial charge in [0, 0.05) is 37.9 Å². The van der Waals surface area contributed by atoms with Gasteiger partial charge in [0.1, 0.15) is 6.61 Å². The Kier molecular flexibility index (Phi) is 7.89. The summed E-state index contributed by atoms with van der Waals surface area (Å²) >= 11 is 0. The molecule has 0 saturated heterocycles. The van der Waals surface area contributed by atoms with Crippen molar-refractivity contribution in [3.63, 3.8) is 0 Å².